The van der Waals surface area contributed by atoms with Crippen molar-refractivity contribution in [1.82, 2.24) is 9.80 Å². The molecule has 0 radical (unpaired) electrons. The maximum atomic E-state index is 12.4. The first-order valence-corrected chi connectivity index (χ1v) is 8.42. The second-order valence-corrected chi connectivity index (χ2v) is 6.78. The van der Waals surface area contributed by atoms with Crippen LogP contribution in [0.15, 0.2) is 0 Å². The summed E-state index contributed by atoms with van der Waals surface area (Å²) in [5.74, 6) is 2.79. The van der Waals surface area contributed by atoms with Crippen molar-refractivity contribution in [1.29, 1.82) is 0 Å². The van der Waals surface area contributed by atoms with Crippen LogP contribution in [-0.2, 0) is 4.79 Å². The van der Waals surface area contributed by atoms with E-state index in [1.807, 2.05) is 16.7 Å². The summed E-state index contributed by atoms with van der Waals surface area (Å²) >= 11 is 3.60. The highest BCUT2D eigenvalue weighted by Gasteiger charge is 2.32. The smallest absolute Gasteiger partial charge is 0.320 e. The molecule has 0 aromatic carbocycles. The van der Waals surface area contributed by atoms with Gasteiger partial charge in [0, 0.05) is 42.6 Å². The molecule has 7 heteroatoms. The first-order chi connectivity index (χ1) is 8.68. The average Bonchev–Trinajstić information content (AvgIpc) is 2.39. The predicted molar refractivity (Wildman–Crippen MR) is 74.4 cm³/mol. The van der Waals surface area contributed by atoms with Crippen molar-refractivity contribution in [3.63, 3.8) is 0 Å². The number of carbonyl (C=O) groups excluding carboxylic acids is 1. The molecule has 18 heavy (non-hydrogen) atoms. The molecule has 2 aliphatic rings. The quantitative estimate of drug-likeness (QED) is 0.823. The zero-order chi connectivity index (χ0) is 13.0. The third-order valence-electron chi connectivity index (χ3n) is 3.17. The molecule has 102 valence electrons. The van der Waals surface area contributed by atoms with Crippen LogP contribution >= 0.6 is 23.5 Å². The number of carboxylic acids is 1. The molecule has 1 N–H and O–H groups in total. The summed E-state index contributed by atoms with van der Waals surface area (Å²) in [5.41, 5.74) is 0. The molecular weight excluding hydrogens is 272 g/mol. The van der Waals surface area contributed by atoms with E-state index in [0.717, 1.165) is 36.1 Å². The summed E-state index contributed by atoms with van der Waals surface area (Å²) in [4.78, 5) is 26.9. The molecule has 1 unspecified atom stereocenters. The van der Waals surface area contributed by atoms with Gasteiger partial charge in [0.15, 0.2) is 0 Å². The van der Waals surface area contributed by atoms with E-state index in [4.69, 9.17) is 5.11 Å². The number of hydrogen-bond donors (Lipinski definition) is 1. The Hall–Kier alpha value is -0.560. The number of thioether (sulfide) groups is 2. The van der Waals surface area contributed by atoms with Gasteiger partial charge in [0.2, 0.25) is 0 Å². The van der Waals surface area contributed by atoms with Crippen molar-refractivity contribution in [2.75, 3.05) is 42.6 Å². The molecule has 0 saturated carbocycles. The van der Waals surface area contributed by atoms with Crippen LogP contribution < -0.4 is 0 Å². The van der Waals surface area contributed by atoms with E-state index in [1.165, 1.54) is 0 Å². The molecule has 0 aromatic rings. The average molecular weight is 290 g/mol. The summed E-state index contributed by atoms with van der Waals surface area (Å²) < 4.78 is 0. The fourth-order valence-electron chi connectivity index (χ4n) is 2.21. The van der Waals surface area contributed by atoms with Crippen LogP contribution in [-0.4, -0.2) is 75.6 Å². The highest BCUT2D eigenvalue weighted by Crippen LogP contribution is 2.21. The Morgan fingerprint density at radius 2 is 1.78 bits per heavy atom. The van der Waals surface area contributed by atoms with Crippen LogP contribution in [0.1, 0.15) is 6.42 Å². The fraction of sp³-hybridized carbons (Fsp3) is 0.818. The topological polar surface area (TPSA) is 60.9 Å². The van der Waals surface area contributed by atoms with Gasteiger partial charge in [0.05, 0.1) is 12.5 Å². The Morgan fingerprint density at radius 1 is 1.11 bits per heavy atom. The number of hydrogen-bond acceptors (Lipinski definition) is 4. The van der Waals surface area contributed by atoms with Crippen molar-refractivity contribution >= 4 is 35.5 Å². The Labute approximate surface area is 115 Å². The number of aliphatic carboxylic acids is 1. The lowest BCUT2D eigenvalue weighted by Crippen LogP contribution is -2.54. The molecule has 2 amide bonds. The van der Waals surface area contributed by atoms with Gasteiger partial charge in [0.1, 0.15) is 0 Å². The number of rotatable bonds is 2. The second kappa shape index (κ2) is 6.56. The summed E-state index contributed by atoms with van der Waals surface area (Å²) in [6.45, 7) is 2.24. The summed E-state index contributed by atoms with van der Waals surface area (Å²) in [7, 11) is 0. The van der Waals surface area contributed by atoms with E-state index in [9.17, 15) is 9.59 Å². The lowest BCUT2D eigenvalue weighted by atomic mass is 10.2. The number of carbonyl (C=O) groups is 2. The largest absolute Gasteiger partial charge is 0.481 e. The second-order valence-electron chi connectivity index (χ2n) is 4.40. The van der Waals surface area contributed by atoms with E-state index in [0.29, 0.717) is 6.54 Å². The molecule has 0 aliphatic carbocycles. The minimum Gasteiger partial charge on any atom is -0.481 e. The van der Waals surface area contributed by atoms with Gasteiger partial charge in [-0.15, -0.1) is 0 Å². The molecule has 1 atom stereocenters. The highest BCUT2D eigenvalue weighted by molar-refractivity contribution is 7.99. The van der Waals surface area contributed by atoms with Crippen LogP contribution in [0.2, 0.25) is 0 Å². The van der Waals surface area contributed by atoms with Gasteiger partial charge >= 0.3 is 12.0 Å². The highest BCUT2D eigenvalue weighted by atomic mass is 32.2. The number of nitrogens with zero attached hydrogens (tertiary/aromatic N) is 2. The number of amides is 2. The van der Waals surface area contributed by atoms with Crippen LogP contribution in [0.5, 0.6) is 0 Å². The summed E-state index contributed by atoms with van der Waals surface area (Å²) in [5, 5.41) is 8.91. The van der Waals surface area contributed by atoms with Crippen molar-refractivity contribution in [3.8, 4) is 0 Å². The van der Waals surface area contributed by atoms with E-state index >= 15 is 0 Å². The normalized spacial score (nSPS) is 25.0. The van der Waals surface area contributed by atoms with Gasteiger partial charge in [-0.1, -0.05) is 0 Å². The maximum absolute atomic E-state index is 12.4. The zero-order valence-corrected chi connectivity index (χ0v) is 11.8. The Morgan fingerprint density at radius 3 is 2.44 bits per heavy atom. The molecule has 0 spiro atoms. The van der Waals surface area contributed by atoms with E-state index in [1.54, 1.807) is 16.7 Å². The summed E-state index contributed by atoms with van der Waals surface area (Å²) in [6, 6.07) is -0.120. The van der Waals surface area contributed by atoms with Gasteiger partial charge in [-0.25, -0.2) is 4.79 Å². The minimum absolute atomic E-state index is 0.0295. The molecule has 5 nitrogen and oxygen atoms in total. The fourth-order valence-corrected chi connectivity index (χ4v) is 4.18. The monoisotopic (exact) mass is 290 g/mol. The van der Waals surface area contributed by atoms with Gasteiger partial charge < -0.3 is 14.9 Å². The predicted octanol–water partition coefficient (Wildman–Crippen LogP) is 1.05. The number of urea groups is 1. The Bertz CT molecular complexity index is 321. The van der Waals surface area contributed by atoms with Crippen molar-refractivity contribution in [2.24, 2.45) is 0 Å². The third-order valence-corrected chi connectivity index (χ3v) is 5.20. The summed E-state index contributed by atoms with van der Waals surface area (Å²) in [6.07, 6.45) is 0.0569. The van der Waals surface area contributed by atoms with Crippen molar-refractivity contribution in [3.05, 3.63) is 0 Å². The standard InChI is InChI=1S/C11H18N2O3S2/c14-10(15)7-9-8-18-6-3-13(9)11(16)12-1-4-17-5-2-12/h9H,1-8H2,(H,14,15). The Kier molecular flexibility index (Phi) is 5.05. The van der Waals surface area contributed by atoms with Crippen molar-refractivity contribution in [2.45, 2.75) is 12.5 Å². The Balaban J connectivity index is 1.98. The number of carboxylic acid groups (broad SMARTS) is 1. The van der Waals surface area contributed by atoms with Crippen molar-refractivity contribution < 1.29 is 14.7 Å². The van der Waals surface area contributed by atoms with E-state index in [2.05, 4.69) is 0 Å². The zero-order valence-electron chi connectivity index (χ0n) is 10.2. The molecule has 0 bridgehead atoms. The maximum Gasteiger partial charge on any atom is 0.320 e. The van der Waals surface area contributed by atoms with Crippen LogP contribution in [0.25, 0.3) is 0 Å². The molecule has 2 heterocycles. The van der Waals surface area contributed by atoms with Crippen LogP contribution in [0.4, 0.5) is 4.79 Å². The minimum atomic E-state index is -0.825. The van der Waals surface area contributed by atoms with Gasteiger partial charge in [0.25, 0.3) is 0 Å². The SMILES string of the molecule is O=C(O)CC1CSCCN1C(=O)N1CCSCC1. The first-order valence-electron chi connectivity index (χ1n) is 6.11. The van der Waals surface area contributed by atoms with Gasteiger partial charge in [-0.3, -0.25) is 4.79 Å². The molecule has 2 rings (SSSR count). The molecule has 2 saturated heterocycles. The van der Waals surface area contributed by atoms with Gasteiger partial charge in [-0.2, -0.15) is 23.5 Å². The van der Waals surface area contributed by atoms with E-state index < -0.39 is 5.97 Å². The lowest BCUT2D eigenvalue weighted by Gasteiger charge is -2.39. The third kappa shape index (κ3) is 3.47. The molecular formula is C11H18N2O3S2. The molecule has 2 aliphatic heterocycles. The van der Waals surface area contributed by atoms with E-state index in [-0.39, 0.29) is 18.5 Å². The molecule has 2 fully saturated rings. The first kappa shape index (κ1) is 13.9. The van der Waals surface area contributed by atoms with Gasteiger partial charge in [-0.05, 0) is 0 Å². The van der Waals surface area contributed by atoms with Crippen LogP contribution in [0, 0.1) is 0 Å². The lowest BCUT2D eigenvalue weighted by molar-refractivity contribution is -0.138. The molecule has 0 aromatic heterocycles. The van der Waals surface area contributed by atoms with Crippen LogP contribution in [0.3, 0.4) is 0 Å².